The van der Waals surface area contributed by atoms with Crippen LogP contribution in [0.3, 0.4) is 0 Å². The summed E-state index contributed by atoms with van der Waals surface area (Å²) in [6.45, 7) is 7.79. The monoisotopic (exact) mass is 491 g/mol. The van der Waals surface area contributed by atoms with E-state index in [1.54, 1.807) is 30.3 Å². The molecule has 0 radical (unpaired) electrons. The van der Waals surface area contributed by atoms with E-state index in [0.29, 0.717) is 12.2 Å². The average molecular weight is 492 g/mol. The highest BCUT2D eigenvalue weighted by molar-refractivity contribution is 7.92. The highest BCUT2D eigenvalue weighted by atomic mass is 32.2. The summed E-state index contributed by atoms with van der Waals surface area (Å²) in [5.41, 5.74) is 5.96. The summed E-state index contributed by atoms with van der Waals surface area (Å²) < 4.78 is 28.4. The summed E-state index contributed by atoms with van der Waals surface area (Å²) in [6, 6.07) is 20.7. The van der Waals surface area contributed by atoms with Crippen LogP contribution in [0.5, 0.6) is 0 Å². The van der Waals surface area contributed by atoms with Crippen LogP contribution in [0.15, 0.2) is 71.6 Å². The van der Waals surface area contributed by atoms with Crippen molar-refractivity contribution < 1.29 is 13.2 Å². The summed E-state index contributed by atoms with van der Waals surface area (Å²) in [7, 11) is -3.91. The number of para-hydroxylation sites is 1. The van der Waals surface area contributed by atoms with Crippen molar-refractivity contribution in [2.75, 3.05) is 35.4 Å². The lowest BCUT2D eigenvalue weighted by molar-refractivity contribution is -0.119. The normalized spacial score (nSPS) is 12.9. The van der Waals surface area contributed by atoms with Crippen LogP contribution in [0.1, 0.15) is 28.7 Å². The molecule has 1 aliphatic heterocycles. The van der Waals surface area contributed by atoms with Gasteiger partial charge in [-0.3, -0.25) is 9.10 Å². The molecule has 1 N–H and O–H groups in total. The number of nitrogens with one attached hydrogen (secondary N) is 1. The number of fused-ring (bicyclic) bond motifs is 1. The molecular formula is C28H33N3O3S. The Morgan fingerprint density at radius 2 is 1.69 bits per heavy atom. The quantitative estimate of drug-likeness (QED) is 0.451. The Balaban J connectivity index is 1.44. The Labute approximate surface area is 208 Å². The second-order valence-electron chi connectivity index (χ2n) is 9.18. The summed E-state index contributed by atoms with van der Waals surface area (Å²) in [5, 5.41) is 2.92. The molecule has 0 aromatic heterocycles. The van der Waals surface area contributed by atoms with Crippen molar-refractivity contribution in [1.29, 1.82) is 0 Å². The Morgan fingerprint density at radius 3 is 2.43 bits per heavy atom. The van der Waals surface area contributed by atoms with Crippen LogP contribution in [0.25, 0.3) is 0 Å². The van der Waals surface area contributed by atoms with Crippen molar-refractivity contribution in [3.05, 3.63) is 89.0 Å². The maximum Gasteiger partial charge on any atom is 0.264 e. The number of aryl methyl sites for hydroxylation is 3. The van der Waals surface area contributed by atoms with E-state index in [4.69, 9.17) is 0 Å². The van der Waals surface area contributed by atoms with Crippen LogP contribution in [-0.4, -0.2) is 40.5 Å². The fourth-order valence-electron chi connectivity index (χ4n) is 4.55. The number of rotatable bonds is 9. The fraction of sp³-hybridized carbons (Fsp3) is 0.321. The molecule has 0 fully saturated rings. The second kappa shape index (κ2) is 10.5. The first-order valence-corrected chi connectivity index (χ1v) is 13.5. The van der Waals surface area contributed by atoms with Crippen molar-refractivity contribution in [3.8, 4) is 0 Å². The molecule has 0 aliphatic carbocycles. The van der Waals surface area contributed by atoms with Gasteiger partial charge in [-0.15, -0.1) is 0 Å². The number of hydrogen-bond acceptors (Lipinski definition) is 4. The molecule has 1 amide bonds. The van der Waals surface area contributed by atoms with E-state index in [-0.39, 0.29) is 17.3 Å². The third-order valence-corrected chi connectivity index (χ3v) is 8.20. The standard InChI is InChI=1S/C28H33N3O3S/c1-21-9-12-25(13-10-21)35(33,34)31(26-14-11-22(2)19-23(26)3)20-28(32)29-16-6-17-30-18-15-24-7-4-5-8-27(24)30/h4-5,7-14,19H,6,15-18,20H2,1-3H3,(H,29,32). The van der Waals surface area contributed by atoms with Crippen LogP contribution < -0.4 is 14.5 Å². The van der Waals surface area contributed by atoms with E-state index < -0.39 is 10.0 Å². The van der Waals surface area contributed by atoms with Gasteiger partial charge in [0.1, 0.15) is 6.54 Å². The lowest BCUT2D eigenvalue weighted by Gasteiger charge is -2.26. The van der Waals surface area contributed by atoms with Crippen LogP contribution in [-0.2, 0) is 21.2 Å². The van der Waals surface area contributed by atoms with Crippen molar-refractivity contribution in [2.24, 2.45) is 0 Å². The SMILES string of the molecule is Cc1ccc(S(=O)(=O)N(CC(=O)NCCCN2CCc3ccccc32)c2ccc(C)cc2C)cc1. The van der Waals surface area contributed by atoms with E-state index in [1.165, 1.54) is 15.6 Å². The molecule has 0 unspecified atom stereocenters. The molecule has 7 heteroatoms. The third kappa shape index (κ3) is 5.68. The molecule has 0 saturated heterocycles. The zero-order valence-electron chi connectivity index (χ0n) is 20.6. The van der Waals surface area contributed by atoms with Gasteiger partial charge < -0.3 is 10.2 Å². The predicted molar refractivity (Wildman–Crippen MR) is 142 cm³/mol. The van der Waals surface area contributed by atoms with Gasteiger partial charge in [0.2, 0.25) is 5.91 Å². The molecule has 4 rings (SSSR count). The number of anilines is 2. The highest BCUT2D eigenvalue weighted by Crippen LogP contribution is 2.28. The highest BCUT2D eigenvalue weighted by Gasteiger charge is 2.28. The Morgan fingerprint density at radius 1 is 0.971 bits per heavy atom. The maximum absolute atomic E-state index is 13.6. The molecule has 0 spiro atoms. The number of carbonyl (C=O) groups is 1. The largest absolute Gasteiger partial charge is 0.371 e. The Kier molecular flexibility index (Phi) is 7.45. The van der Waals surface area contributed by atoms with Crippen molar-refractivity contribution in [3.63, 3.8) is 0 Å². The molecule has 0 atom stereocenters. The molecule has 0 bridgehead atoms. The number of nitrogens with zero attached hydrogens (tertiary/aromatic N) is 2. The smallest absolute Gasteiger partial charge is 0.264 e. The first kappa shape index (κ1) is 24.8. The van der Waals surface area contributed by atoms with Gasteiger partial charge in [0.25, 0.3) is 10.0 Å². The lowest BCUT2D eigenvalue weighted by Crippen LogP contribution is -2.41. The Bertz CT molecular complexity index is 1300. The molecule has 3 aromatic carbocycles. The second-order valence-corrected chi connectivity index (χ2v) is 11.0. The third-order valence-electron chi connectivity index (χ3n) is 6.43. The number of benzene rings is 3. The van der Waals surface area contributed by atoms with E-state index in [9.17, 15) is 13.2 Å². The number of sulfonamides is 1. The maximum atomic E-state index is 13.6. The van der Waals surface area contributed by atoms with Crippen LogP contribution >= 0.6 is 0 Å². The van der Waals surface area contributed by atoms with E-state index in [1.807, 2.05) is 32.9 Å². The molecular weight excluding hydrogens is 458 g/mol. The minimum atomic E-state index is -3.91. The summed E-state index contributed by atoms with van der Waals surface area (Å²) in [4.78, 5) is 15.4. The van der Waals surface area contributed by atoms with Gasteiger partial charge in [0.15, 0.2) is 0 Å². The molecule has 184 valence electrons. The van der Waals surface area contributed by atoms with E-state index >= 15 is 0 Å². The minimum absolute atomic E-state index is 0.170. The number of carbonyl (C=O) groups excluding carboxylic acids is 1. The number of amides is 1. The van der Waals surface area contributed by atoms with Crippen molar-refractivity contribution >= 4 is 27.3 Å². The van der Waals surface area contributed by atoms with Gasteiger partial charge in [-0.05, 0) is 69.0 Å². The zero-order valence-corrected chi connectivity index (χ0v) is 21.4. The molecule has 3 aromatic rings. The summed E-state index contributed by atoms with van der Waals surface area (Å²) in [6.07, 6.45) is 1.83. The van der Waals surface area contributed by atoms with E-state index in [2.05, 4.69) is 34.5 Å². The fourth-order valence-corrected chi connectivity index (χ4v) is 6.03. The summed E-state index contributed by atoms with van der Waals surface area (Å²) in [5.74, 6) is -0.317. The van der Waals surface area contributed by atoms with Crippen LogP contribution in [0.4, 0.5) is 11.4 Å². The van der Waals surface area contributed by atoms with Gasteiger partial charge in [-0.2, -0.15) is 0 Å². The predicted octanol–water partition coefficient (Wildman–Crippen LogP) is 4.38. The van der Waals surface area contributed by atoms with Crippen LogP contribution in [0.2, 0.25) is 0 Å². The van der Waals surface area contributed by atoms with Gasteiger partial charge in [-0.1, -0.05) is 53.6 Å². The van der Waals surface area contributed by atoms with Crippen molar-refractivity contribution in [2.45, 2.75) is 38.5 Å². The number of hydrogen-bond donors (Lipinski definition) is 1. The Hall–Kier alpha value is -3.32. The van der Waals surface area contributed by atoms with Gasteiger partial charge in [0.05, 0.1) is 10.6 Å². The zero-order chi connectivity index (χ0) is 25.0. The van der Waals surface area contributed by atoms with Gasteiger partial charge >= 0.3 is 0 Å². The first-order chi connectivity index (χ1) is 16.8. The van der Waals surface area contributed by atoms with Crippen molar-refractivity contribution in [1.82, 2.24) is 5.32 Å². The van der Waals surface area contributed by atoms with Gasteiger partial charge in [-0.25, -0.2) is 8.42 Å². The van der Waals surface area contributed by atoms with E-state index in [0.717, 1.165) is 42.6 Å². The molecule has 1 aliphatic rings. The van der Waals surface area contributed by atoms with Crippen LogP contribution in [0, 0.1) is 20.8 Å². The lowest BCUT2D eigenvalue weighted by atomic mass is 10.1. The topological polar surface area (TPSA) is 69.7 Å². The minimum Gasteiger partial charge on any atom is -0.371 e. The molecule has 6 nitrogen and oxygen atoms in total. The average Bonchev–Trinajstić information content (AvgIpc) is 3.24. The first-order valence-electron chi connectivity index (χ1n) is 12.0. The van der Waals surface area contributed by atoms with Gasteiger partial charge in [0, 0.05) is 25.3 Å². The molecule has 35 heavy (non-hydrogen) atoms. The molecule has 1 heterocycles. The summed E-state index contributed by atoms with van der Waals surface area (Å²) >= 11 is 0. The molecule has 0 saturated carbocycles.